The van der Waals surface area contributed by atoms with E-state index in [1.165, 1.54) is 12.0 Å². The van der Waals surface area contributed by atoms with E-state index in [1.807, 2.05) is 12.1 Å². The van der Waals surface area contributed by atoms with Crippen molar-refractivity contribution in [2.45, 2.75) is 26.8 Å². The molecule has 1 heterocycles. The van der Waals surface area contributed by atoms with Gasteiger partial charge in [-0.25, -0.2) is 0 Å². The third kappa shape index (κ3) is 3.27. The van der Waals surface area contributed by atoms with E-state index in [0.29, 0.717) is 11.3 Å². The summed E-state index contributed by atoms with van der Waals surface area (Å²) in [6, 6.07) is 8.09. The summed E-state index contributed by atoms with van der Waals surface area (Å²) >= 11 is 0. The highest BCUT2D eigenvalue weighted by Gasteiger charge is 2.22. The number of hydrogen-bond acceptors (Lipinski definition) is 3. The Labute approximate surface area is 115 Å². The normalized spacial score (nSPS) is 23.9. The second kappa shape index (κ2) is 6.08. The van der Waals surface area contributed by atoms with Gasteiger partial charge in [-0.15, -0.1) is 0 Å². The van der Waals surface area contributed by atoms with Crippen LogP contribution >= 0.6 is 0 Å². The minimum atomic E-state index is 0.624. The molecule has 0 bridgehead atoms. The average Bonchev–Trinajstić information content (AvgIpc) is 2.43. The Morgan fingerprint density at radius 1 is 1.37 bits per heavy atom. The molecule has 19 heavy (non-hydrogen) atoms. The monoisotopic (exact) mass is 258 g/mol. The van der Waals surface area contributed by atoms with Gasteiger partial charge in [0.05, 0.1) is 12.7 Å². The number of ether oxygens (including phenoxy) is 1. The van der Waals surface area contributed by atoms with Crippen LogP contribution in [-0.4, -0.2) is 25.1 Å². The van der Waals surface area contributed by atoms with Crippen molar-refractivity contribution in [2.24, 2.45) is 11.8 Å². The highest BCUT2D eigenvalue weighted by atomic mass is 16.5. The van der Waals surface area contributed by atoms with Gasteiger partial charge >= 0.3 is 0 Å². The van der Waals surface area contributed by atoms with Gasteiger partial charge in [0, 0.05) is 13.1 Å². The molecule has 1 aliphatic rings. The fourth-order valence-corrected chi connectivity index (χ4v) is 2.69. The Morgan fingerprint density at radius 3 is 2.79 bits per heavy atom. The predicted molar refractivity (Wildman–Crippen MR) is 75.9 cm³/mol. The summed E-state index contributed by atoms with van der Waals surface area (Å²) in [5.41, 5.74) is 1.82. The number of hydrogen-bond donors (Lipinski definition) is 0. The van der Waals surface area contributed by atoms with Crippen molar-refractivity contribution in [3.8, 4) is 11.8 Å². The van der Waals surface area contributed by atoms with Crippen molar-refractivity contribution in [3.05, 3.63) is 29.3 Å². The summed E-state index contributed by atoms with van der Waals surface area (Å²) < 4.78 is 5.18. The highest BCUT2D eigenvalue weighted by molar-refractivity contribution is 5.45. The van der Waals surface area contributed by atoms with E-state index in [4.69, 9.17) is 10.00 Å². The first-order chi connectivity index (χ1) is 9.13. The molecule has 0 aromatic heterocycles. The van der Waals surface area contributed by atoms with Crippen molar-refractivity contribution in [2.75, 3.05) is 20.2 Å². The first-order valence-corrected chi connectivity index (χ1v) is 6.93. The lowest BCUT2D eigenvalue weighted by Gasteiger charge is -2.35. The molecule has 0 aliphatic carbocycles. The van der Waals surface area contributed by atoms with E-state index >= 15 is 0 Å². The number of nitrogens with zero attached hydrogens (tertiary/aromatic N) is 2. The maximum atomic E-state index is 9.11. The van der Waals surface area contributed by atoms with Crippen LogP contribution in [0.15, 0.2) is 18.2 Å². The van der Waals surface area contributed by atoms with E-state index in [2.05, 4.69) is 30.9 Å². The van der Waals surface area contributed by atoms with Crippen molar-refractivity contribution in [1.82, 2.24) is 4.90 Å². The van der Waals surface area contributed by atoms with Gasteiger partial charge in [0.15, 0.2) is 0 Å². The molecule has 0 radical (unpaired) electrons. The third-order valence-electron chi connectivity index (χ3n) is 4.21. The van der Waals surface area contributed by atoms with Crippen molar-refractivity contribution in [3.63, 3.8) is 0 Å². The maximum Gasteiger partial charge on any atom is 0.136 e. The maximum absolute atomic E-state index is 9.11. The number of rotatable bonds is 3. The van der Waals surface area contributed by atoms with Crippen LogP contribution in [0.2, 0.25) is 0 Å². The van der Waals surface area contributed by atoms with Gasteiger partial charge in [-0.05, 0) is 42.5 Å². The summed E-state index contributed by atoms with van der Waals surface area (Å²) in [6.07, 6.45) is 1.27. The van der Waals surface area contributed by atoms with Gasteiger partial charge in [-0.1, -0.05) is 19.9 Å². The third-order valence-corrected chi connectivity index (χ3v) is 4.21. The van der Waals surface area contributed by atoms with E-state index in [-0.39, 0.29) is 0 Å². The molecule has 1 aromatic carbocycles. The van der Waals surface area contributed by atoms with Crippen LogP contribution in [0.25, 0.3) is 0 Å². The molecular weight excluding hydrogens is 236 g/mol. The number of nitriles is 1. The van der Waals surface area contributed by atoms with Crippen LogP contribution in [0.5, 0.6) is 5.75 Å². The van der Waals surface area contributed by atoms with Crippen LogP contribution < -0.4 is 4.74 Å². The number of piperidine rings is 1. The first-order valence-electron chi connectivity index (χ1n) is 6.93. The molecule has 3 nitrogen and oxygen atoms in total. The Balaban J connectivity index is 2.06. The molecule has 1 saturated heterocycles. The molecule has 0 amide bonds. The topological polar surface area (TPSA) is 36.3 Å². The van der Waals surface area contributed by atoms with E-state index < -0.39 is 0 Å². The molecule has 1 fully saturated rings. The SMILES string of the molecule is COc1ccc(CN2CCC(C)C(C)C2)cc1C#N. The lowest BCUT2D eigenvalue weighted by atomic mass is 9.88. The van der Waals surface area contributed by atoms with E-state index in [0.717, 1.165) is 31.5 Å². The Kier molecular flexibility index (Phi) is 4.44. The zero-order valence-electron chi connectivity index (χ0n) is 12.0. The number of methoxy groups -OCH3 is 1. The molecule has 2 unspecified atom stereocenters. The number of likely N-dealkylation sites (tertiary alicyclic amines) is 1. The van der Waals surface area contributed by atoms with Crippen molar-refractivity contribution < 1.29 is 4.74 Å². The number of benzene rings is 1. The minimum Gasteiger partial charge on any atom is -0.495 e. The second-order valence-electron chi connectivity index (χ2n) is 5.62. The molecule has 2 atom stereocenters. The highest BCUT2D eigenvalue weighted by Crippen LogP contribution is 2.25. The second-order valence-corrected chi connectivity index (χ2v) is 5.62. The van der Waals surface area contributed by atoms with Crippen LogP contribution in [0.1, 0.15) is 31.4 Å². The fraction of sp³-hybridized carbons (Fsp3) is 0.562. The first kappa shape index (κ1) is 13.9. The average molecular weight is 258 g/mol. The molecule has 102 valence electrons. The molecule has 0 spiro atoms. The molecule has 3 heteroatoms. The Hall–Kier alpha value is -1.53. The zero-order chi connectivity index (χ0) is 13.8. The van der Waals surface area contributed by atoms with Crippen LogP contribution in [0.3, 0.4) is 0 Å². The van der Waals surface area contributed by atoms with Gasteiger partial charge in [0.25, 0.3) is 0 Å². The quantitative estimate of drug-likeness (QED) is 0.836. The van der Waals surface area contributed by atoms with E-state index in [1.54, 1.807) is 7.11 Å². The van der Waals surface area contributed by atoms with Gasteiger partial charge in [0.2, 0.25) is 0 Å². The van der Waals surface area contributed by atoms with E-state index in [9.17, 15) is 0 Å². The summed E-state index contributed by atoms with van der Waals surface area (Å²) in [4.78, 5) is 2.48. The molecule has 0 saturated carbocycles. The smallest absolute Gasteiger partial charge is 0.136 e. The predicted octanol–water partition coefficient (Wildman–Crippen LogP) is 3.04. The molecular formula is C16H22N2O. The lowest BCUT2D eigenvalue weighted by Crippen LogP contribution is -2.37. The van der Waals surface area contributed by atoms with Crippen molar-refractivity contribution in [1.29, 1.82) is 5.26 Å². The molecule has 1 aliphatic heterocycles. The van der Waals surface area contributed by atoms with Crippen LogP contribution in [-0.2, 0) is 6.54 Å². The summed E-state index contributed by atoms with van der Waals surface area (Å²) in [7, 11) is 1.60. The fourth-order valence-electron chi connectivity index (χ4n) is 2.69. The summed E-state index contributed by atoms with van der Waals surface area (Å²) in [5, 5.41) is 9.11. The minimum absolute atomic E-state index is 0.624. The van der Waals surface area contributed by atoms with Gasteiger partial charge in [-0.3, -0.25) is 4.90 Å². The Morgan fingerprint density at radius 2 is 2.16 bits per heavy atom. The van der Waals surface area contributed by atoms with Gasteiger partial charge in [-0.2, -0.15) is 5.26 Å². The summed E-state index contributed by atoms with van der Waals surface area (Å²) in [5.74, 6) is 2.23. The Bertz CT molecular complexity index is 478. The standard InChI is InChI=1S/C16H22N2O/c1-12-6-7-18(10-13(12)2)11-14-4-5-16(19-3)15(8-14)9-17/h4-5,8,12-13H,6-7,10-11H2,1-3H3. The molecule has 1 aromatic rings. The van der Waals surface area contributed by atoms with Gasteiger partial charge in [0.1, 0.15) is 11.8 Å². The van der Waals surface area contributed by atoms with Gasteiger partial charge < -0.3 is 4.74 Å². The zero-order valence-corrected chi connectivity index (χ0v) is 12.0. The molecule has 2 rings (SSSR count). The van der Waals surface area contributed by atoms with Crippen molar-refractivity contribution >= 4 is 0 Å². The summed E-state index contributed by atoms with van der Waals surface area (Å²) in [6.45, 7) is 7.89. The lowest BCUT2D eigenvalue weighted by molar-refractivity contribution is 0.132. The van der Waals surface area contributed by atoms with Crippen LogP contribution in [0, 0.1) is 23.2 Å². The van der Waals surface area contributed by atoms with Crippen LogP contribution in [0.4, 0.5) is 0 Å². The molecule has 0 N–H and O–H groups in total. The largest absolute Gasteiger partial charge is 0.495 e.